The minimum absolute atomic E-state index is 0.00339. The molecule has 2 aromatic rings. The van der Waals surface area contributed by atoms with Gasteiger partial charge in [0.2, 0.25) is 0 Å². The van der Waals surface area contributed by atoms with Crippen LogP contribution in [0.1, 0.15) is 74.8 Å². The summed E-state index contributed by atoms with van der Waals surface area (Å²) >= 11 is 0. The van der Waals surface area contributed by atoms with Crippen LogP contribution in [0.15, 0.2) is 36.4 Å². The number of hydrogen-bond acceptors (Lipinski definition) is 5. The van der Waals surface area contributed by atoms with Gasteiger partial charge in [-0.2, -0.15) is 0 Å². The first-order valence-corrected chi connectivity index (χ1v) is 11.4. The van der Waals surface area contributed by atoms with Crippen molar-refractivity contribution in [1.82, 2.24) is 0 Å². The molecule has 2 unspecified atom stereocenters. The maximum absolute atomic E-state index is 11.7. The summed E-state index contributed by atoms with van der Waals surface area (Å²) < 4.78 is 23.2. The first-order valence-electron chi connectivity index (χ1n) is 11.4. The lowest BCUT2D eigenvalue weighted by molar-refractivity contribution is -0.141. The molecule has 0 fully saturated rings. The van der Waals surface area contributed by atoms with Crippen LogP contribution in [0.3, 0.4) is 0 Å². The Morgan fingerprint density at radius 3 is 2.56 bits per heavy atom. The van der Waals surface area contributed by atoms with Crippen molar-refractivity contribution in [3.05, 3.63) is 58.7 Å². The van der Waals surface area contributed by atoms with Gasteiger partial charge in [-0.1, -0.05) is 45.0 Å². The number of ether oxygens (including phenoxy) is 4. The number of fused-ring (bicyclic) bond motifs is 2. The Morgan fingerprint density at radius 1 is 1.09 bits per heavy atom. The molecule has 0 saturated heterocycles. The standard InChI is InChI=1S/C27H34O5/c1-26(2,3)27(4,30-6)22-9-7-8-21-20(22)12-13-23(21)32-18-10-11-19-17(14-25(28)29-5)16-31-24(19)15-18/h7-11,15,17,23H,12-14,16H2,1-6H3/t17?,23-,27?/m1/s1. The lowest BCUT2D eigenvalue weighted by atomic mass is 9.71. The largest absolute Gasteiger partial charge is 0.492 e. The highest BCUT2D eigenvalue weighted by atomic mass is 16.5. The summed E-state index contributed by atoms with van der Waals surface area (Å²) in [4.78, 5) is 11.7. The third-order valence-corrected chi connectivity index (χ3v) is 7.35. The van der Waals surface area contributed by atoms with E-state index in [4.69, 9.17) is 18.9 Å². The average Bonchev–Trinajstić information content (AvgIpc) is 3.36. The van der Waals surface area contributed by atoms with Crippen LogP contribution in [0.5, 0.6) is 11.5 Å². The van der Waals surface area contributed by atoms with Gasteiger partial charge >= 0.3 is 5.97 Å². The summed E-state index contributed by atoms with van der Waals surface area (Å²) in [6.07, 6.45) is 2.22. The van der Waals surface area contributed by atoms with Crippen molar-refractivity contribution >= 4 is 5.97 Å². The van der Waals surface area contributed by atoms with E-state index in [-0.39, 0.29) is 29.0 Å². The molecule has 1 aliphatic carbocycles. The zero-order chi connectivity index (χ0) is 23.1. The Hall–Kier alpha value is -2.53. The first kappa shape index (κ1) is 22.7. The van der Waals surface area contributed by atoms with Gasteiger partial charge in [-0.05, 0) is 47.9 Å². The molecule has 3 atom stereocenters. The normalized spacial score (nSPS) is 21.3. The molecule has 0 N–H and O–H groups in total. The van der Waals surface area contributed by atoms with E-state index in [0.717, 1.165) is 29.9 Å². The molecule has 5 nitrogen and oxygen atoms in total. The molecule has 1 aliphatic heterocycles. The van der Waals surface area contributed by atoms with E-state index >= 15 is 0 Å². The maximum atomic E-state index is 11.7. The smallest absolute Gasteiger partial charge is 0.306 e. The van der Waals surface area contributed by atoms with Crippen LogP contribution in [0.4, 0.5) is 0 Å². The van der Waals surface area contributed by atoms with Crippen molar-refractivity contribution in [3.8, 4) is 11.5 Å². The second-order valence-electron chi connectivity index (χ2n) is 9.99. The predicted octanol–water partition coefficient (Wildman–Crippen LogP) is 5.70. The molecule has 0 spiro atoms. The Kier molecular flexibility index (Phi) is 5.97. The molecule has 4 rings (SSSR count). The van der Waals surface area contributed by atoms with Crippen molar-refractivity contribution in [1.29, 1.82) is 0 Å². The number of carbonyl (C=O) groups excluding carboxylic acids is 1. The topological polar surface area (TPSA) is 54.0 Å². The lowest BCUT2D eigenvalue weighted by Gasteiger charge is -2.42. The van der Waals surface area contributed by atoms with Crippen molar-refractivity contribution in [2.45, 2.75) is 64.6 Å². The van der Waals surface area contributed by atoms with Crippen LogP contribution in [-0.2, 0) is 26.3 Å². The van der Waals surface area contributed by atoms with Crippen LogP contribution < -0.4 is 9.47 Å². The van der Waals surface area contributed by atoms with Crippen LogP contribution in [-0.4, -0.2) is 26.8 Å². The molecule has 0 saturated carbocycles. The van der Waals surface area contributed by atoms with Gasteiger partial charge in [0.15, 0.2) is 0 Å². The van der Waals surface area contributed by atoms with Crippen LogP contribution in [0.25, 0.3) is 0 Å². The van der Waals surface area contributed by atoms with Crippen molar-refractivity contribution in [2.24, 2.45) is 5.41 Å². The number of hydrogen-bond donors (Lipinski definition) is 0. The molecule has 172 valence electrons. The van der Waals surface area contributed by atoms with Crippen LogP contribution in [0.2, 0.25) is 0 Å². The van der Waals surface area contributed by atoms with Gasteiger partial charge in [-0.25, -0.2) is 0 Å². The maximum Gasteiger partial charge on any atom is 0.306 e. The molecule has 0 bridgehead atoms. The van der Waals surface area contributed by atoms with E-state index < -0.39 is 0 Å². The first-order chi connectivity index (χ1) is 15.2. The van der Waals surface area contributed by atoms with Gasteiger partial charge in [0.05, 0.1) is 25.7 Å². The Morgan fingerprint density at radius 2 is 1.88 bits per heavy atom. The van der Waals surface area contributed by atoms with Gasteiger partial charge in [-0.15, -0.1) is 0 Å². The molecular weight excluding hydrogens is 404 g/mol. The van der Waals surface area contributed by atoms with Crippen LogP contribution in [0, 0.1) is 5.41 Å². The van der Waals surface area contributed by atoms with E-state index in [1.54, 1.807) is 7.11 Å². The highest BCUT2D eigenvalue weighted by Gasteiger charge is 2.42. The average molecular weight is 439 g/mol. The highest BCUT2D eigenvalue weighted by molar-refractivity contribution is 5.71. The lowest BCUT2D eigenvalue weighted by Crippen LogP contribution is -2.39. The monoisotopic (exact) mass is 438 g/mol. The quantitative estimate of drug-likeness (QED) is 0.542. The van der Waals surface area contributed by atoms with Crippen molar-refractivity contribution in [3.63, 3.8) is 0 Å². The van der Waals surface area contributed by atoms with Gasteiger partial charge in [-0.3, -0.25) is 4.79 Å². The summed E-state index contributed by atoms with van der Waals surface area (Å²) in [5.74, 6) is 1.40. The molecule has 32 heavy (non-hydrogen) atoms. The number of rotatable bonds is 6. The summed E-state index contributed by atoms with van der Waals surface area (Å²) in [7, 11) is 3.21. The minimum Gasteiger partial charge on any atom is -0.492 e. The van der Waals surface area contributed by atoms with E-state index in [0.29, 0.717) is 13.0 Å². The van der Waals surface area contributed by atoms with E-state index in [9.17, 15) is 4.79 Å². The highest BCUT2D eigenvalue weighted by Crippen LogP contribution is 2.48. The Bertz CT molecular complexity index is 1010. The number of methoxy groups -OCH3 is 2. The molecule has 0 aromatic heterocycles. The minimum atomic E-state index is -0.386. The molecule has 0 amide bonds. The molecule has 1 heterocycles. The molecule has 2 aromatic carbocycles. The second kappa shape index (κ2) is 8.43. The van der Waals surface area contributed by atoms with Gasteiger partial charge in [0.25, 0.3) is 0 Å². The van der Waals surface area contributed by atoms with Crippen LogP contribution >= 0.6 is 0 Å². The van der Waals surface area contributed by atoms with Crippen molar-refractivity contribution < 1.29 is 23.7 Å². The van der Waals surface area contributed by atoms with Gasteiger partial charge in [0.1, 0.15) is 17.6 Å². The summed E-state index contributed by atoms with van der Waals surface area (Å²) in [6, 6.07) is 12.4. The molecular formula is C27H34O5. The fourth-order valence-electron chi connectivity index (χ4n) is 4.95. The van der Waals surface area contributed by atoms with Crippen molar-refractivity contribution in [2.75, 3.05) is 20.8 Å². The second-order valence-corrected chi connectivity index (χ2v) is 9.99. The number of esters is 1. The predicted molar refractivity (Wildman–Crippen MR) is 123 cm³/mol. The van der Waals surface area contributed by atoms with Gasteiger partial charge in [0, 0.05) is 24.7 Å². The molecule has 2 aliphatic rings. The van der Waals surface area contributed by atoms with E-state index in [1.165, 1.54) is 23.8 Å². The zero-order valence-corrected chi connectivity index (χ0v) is 20.0. The summed E-state index contributed by atoms with van der Waals surface area (Å²) in [6.45, 7) is 9.33. The Labute approximate surface area is 191 Å². The van der Waals surface area contributed by atoms with Gasteiger partial charge < -0.3 is 18.9 Å². The number of carbonyl (C=O) groups is 1. The van der Waals surface area contributed by atoms with E-state index in [1.807, 2.05) is 18.2 Å². The molecule has 0 radical (unpaired) electrons. The Balaban J connectivity index is 1.57. The zero-order valence-electron chi connectivity index (χ0n) is 20.0. The fourth-order valence-corrected chi connectivity index (χ4v) is 4.95. The summed E-state index contributed by atoms with van der Waals surface area (Å²) in [5, 5.41) is 0. The SMILES string of the molecule is COC(=O)CC1COc2cc(O[C@@H]3CCc4c3cccc4C(C)(OC)C(C)(C)C)ccc21. The number of benzene rings is 2. The summed E-state index contributed by atoms with van der Waals surface area (Å²) in [5.41, 5.74) is 4.43. The van der Waals surface area contributed by atoms with E-state index in [2.05, 4.69) is 45.9 Å². The third-order valence-electron chi connectivity index (χ3n) is 7.35. The molecule has 5 heteroatoms. The fraction of sp³-hybridized carbons (Fsp3) is 0.519. The third kappa shape index (κ3) is 3.88.